The highest BCUT2D eigenvalue weighted by molar-refractivity contribution is 7.22. The predicted molar refractivity (Wildman–Crippen MR) is 129 cm³/mol. The number of hydrogen-bond donors (Lipinski definition) is 1. The Labute approximate surface area is 194 Å². The number of aryl methyl sites for hydroxylation is 2. The van der Waals surface area contributed by atoms with Gasteiger partial charge in [0.15, 0.2) is 5.13 Å². The van der Waals surface area contributed by atoms with Gasteiger partial charge in [-0.3, -0.25) is 19.5 Å². The van der Waals surface area contributed by atoms with Crippen molar-refractivity contribution in [3.63, 3.8) is 0 Å². The highest BCUT2D eigenvalue weighted by Crippen LogP contribution is 2.44. The van der Waals surface area contributed by atoms with Crippen LogP contribution in [-0.4, -0.2) is 26.8 Å². The first-order chi connectivity index (χ1) is 16.0. The van der Waals surface area contributed by atoms with E-state index in [0.29, 0.717) is 10.7 Å². The van der Waals surface area contributed by atoms with Gasteiger partial charge < -0.3 is 5.11 Å². The molecule has 0 radical (unpaired) electrons. The van der Waals surface area contributed by atoms with Crippen molar-refractivity contribution in [2.75, 3.05) is 4.90 Å². The van der Waals surface area contributed by atoms with Gasteiger partial charge in [0.2, 0.25) is 0 Å². The van der Waals surface area contributed by atoms with Crippen LogP contribution in [0.3, 0.4) is 0 Å². The number of pyridine rings is 1. The van der Waals surface area contributed by atoms with E-state index in [1.54, 1.807) is 12.1 Å². The Morgan fingerprint density at radius 3 is 2.48 bits per heavy atom. The zero-order valence-corrected chi connectivity index (χ0v) is 19.0. The fraction of sp³-hybridized carbons (Fsp3) is 0.154. The quantitative estimate of drug-likeness (QED) is 0.260. The molecule has 1 saturated heterocycles. The van der Waals surface area contributed by atoms with E-state index in [-0.39, 0.29) is 11.3 Å². The van der Waals surface area contributed by atoms with Crippen LogP contribution in [-0.2, 0) is 16.0 Å². The molecule has 1 unspecified atom stereocenters. The number of hydrogen-bond acceptors (Lipinski definition) is 6. The molecule has 1 amide bonds. The van der Waals surface area contributed by atoms with E-state index in [2.05, 4.69) is 16.9 Å². The second-order valence-electron chi connectivity index (χ2n) is 7.97. The second-order valence-corrected chi connectivity index (χ2v) is 8.98. The third kappa shape index (κ3) is 3.60. The minimum absolute atomic E-state index is 0.0471. The zero-order valence-electron chi connectivity index (χ0n) is 18.1. The molecule has 0 bridgehead atoms. The average molecular weight is 456 g/mol. The van der Waals surface area contributed by atoms with Gasteiger partial charge in [-0.2, -0.15) is 0 Å². The number of benzene rings is 2. The van der Waals surface area contributed by atoms with Gasteiger partial charge in [-0.15, -0.1) is 0 Å². The molecule has 4 aromatic rings. The summed E-state index contributed by atoms with van der Waals surface area (Å²) in [5, 5.41) is 11.5. The third-order valence-electron chi connectivity index (χ3n) is 5.84. The van der Waals surface area contributed by atoms with E-state index in [1.165, 1.54) is 28.6 Å². The molecule has 1 aliphatic heterocycles. The van der Waals surface area contributed by atoms with E-state index < -0.39 is 17.7 Å². The highest BCUT2D eigenvalue weighted by Gasteiger charge is 2.48. The summed E-state index contributed by atoms with van der Waals surface area (Å²) >= 11 is 1.36. The monoisotopic (exact) mass is 455 g/mol. The molecule has 1 aliphatic rings. The summed E-state index contributed by atoms with van der Waals surface area (Å²) < 4.78 is 0.932. The lowest BCUT2D eigenvalue weighted by molar-refractivity contribution is -0.132. The van der Waals surface area contributed by atoms with Crippen LogP contribution < -0.4 is 4.90 Å². The largest absolute Gasteiger partial charge is 0.507 e. The molecule has 2 aromatic heterocycles. The topological polar surface area (TPSA) is 83.4 Å². The van der Waals surface area contributed by atoms with Crippen LogP contribution >= 0.6 is 11.3 Å². The number of ketones is 1. The van der Waals surface area contributed by atoms with Gasteiger partial charge in [0.1, 0.15) is 5.76 Å². The van der Waals surface area contributed by atoms with E-state index >= 15 is 0 Å². The number of aliphatic hydroxyl groups excluding tert-OH is 1. The molecule has 0 saturated carbocycles. The molecule has 7 heteroatoms. The molecule has 1 fully saturated rings. The predicted octanol–water partition coefficient (Wildman–Crippen LogP) is 5.19. The molecule has 1 atom stereocenters. The molecular formula is C26H21N3O3S. The summed E-state index contributed by atoms with van der Waals surface area (Å²) in [6.07, 6.45) is 3.94. The number of rotatable bonds is 4. The number of carbonyl (C=O) groups is 2. The molecule has 5 rings (SSSR count). The highest BCUT2D eigenvalue weighted by atomic mass is 32.1. The van der Waals surface area contributed by atoms with Crippen molar-refractivity contribution in [1.82, 2.24) is 9.97 Å². The summed E-state index contributed by atoms with van der Waals surface area (Å²) in [6.45, 7) is 4.06. The Balaban J connectivity index is 1.72. The lowest BCUT2D eigenvalue weighted by atomic mass is 9.95. The maximum atomic E-state index is 13.3. The first-order valence-electron chi connectivity index (χ1n) is 10.7. The van der Waals surface area contributed by atoms with Gasteiger partial charge in [-0.25, -0.2) is 4.98 Å². The summed E-state index contributed by atoms with van der Waals surface area (Å²) in [7, 11) is 0. The van der Waals surface area contributed by atoms with E-state index in [9.17, 15) is 14.7 Å². The molecule has 2 aromatic carbocycles. The minimum Gasteiger partial charge on any atom is -0.507 e. The molecule has 1 N–H and O–H groups in total. The number of amides is 1. The van der Waals surface area contributed by atoms with Crippen LogP contribution in [0.1, 0.15) is 35.2 Å². The van der Waals surface area contributed by atoms with Crippen molar-refractivity contribution < 1.29 is 14.7 Å². The van der Waals surface area contributed by atoms with Crippen molar-refractivity contribution in [1.29, 1.82) is 0 Å². The number of carbonyl (C=O) groups excluding carboxylic acids is 2. The standard InChI is InChI=1S/C26H21N3O3S/c1-3-16-5-7-17(8-6-16)22-21(23(30)18-10-12-27-13-11-18)24(31)25(32)29(22)26-28-19-9-4-15(2)14-20(19)33-26/h4-14,22,30H,3H2,1-2H3/b23-21+. The van der Waals surface area contributed by atoms with Crippen molar-refractivity contribution in [2.45, 2.75) is 26.3 Å². The number of anilines is 1. The van der Waals surface area contributed by atoms with Crippen molar-refractivity contribution in [3.05, 3.63) is 94.8 Å². The Kier molecular flexibility index (Phi) is 5.26. The van der Waals surface area contributed by atoms with Gasteiger partial charge in [0, 0.05) is 18.0 Å². The van der Waals surface area contributed by atoms with Gasteiger partial charge in [-0.05, 0) is 54.3 Å². The molecule has 0 aliphatic carbocycles. The number of nitrogens with zero attached hydrogens (tertiary/aromatic N) is 3. The van der Waals surface area contributed by atoms with E-state index in [1.807, 2.05) is 49.4 Å². The maximum absolute atomic E-state index is 13.3. The Morgan fingerprint density at radius 2 is 1.79 bits per heavy atom. The first kappa shape index (κ1) is 21.0. The van der Waals surface area contributed by atoms with Crippen molar-refractivity contribution >= 4 is 44.1 Å². The van der Waals surface area contributed by atoms with Crippen LogP contribution in [0.5, 0.6) is 0 Å². The van der Waals surface area contributed by atoms with Gasteiger partial charge in [0.05, 0.1) is 21.8 Å². The second kappa shape index (κ2) is 8.26. The number of fused-ring (bicyclic) bond motifs is 1. The van der Waals surface area contributed by atoms with Crippen LogP contribution in [0.4, 0.5) is 5.13 Å². The van der Waals surface area contributed by atoms with Crippen molar-refractivity contribution in [2.24, 2.45) is 0 Å². The van der Waals surface area contributed by atoms with Gasteiger partial charge in [-0.1, -0.05) is 48.6 Å². The smallest absolute Gasteiger partial charge is 0.301 e. The fourth-order valence-corrected chi connectivity index (χ4v) is 5.16. The number of Topliss-reactive ketones (excluding diaryl/α,β-unsaturated/α-hetero) is 1. The summed E-state index contributed by atoms with van der Waals surface area (Å²) in [4.78, 5) is 36.6. The third-order valence-corrected chi connectivity index (χ3v) is 6.86. The molecule has 33 heavy (non-hydrogen) atoms. The van der Waals surface area contributed by atoms with Crippen LogP contribution in [0.15, 0.2) is 72.6 Å². The first-order valence-corrected chi connectivity index (χ1v) is 11.5. The fourth-order valence-electron chi connectivity index (χ4n) is 4.07. The molecule has 164 valence electrons. The number of thiazole rings is 1. The normalized spacial score (nSPS) is 17.8. The average Bonchev–Trinajstić information content (AvgIpc) is 3.37. The van der Waals surface area contributed by atoms with Crippen molar-refractivity contribution in [3.8, 4) is 0 Å². The summed E-state index contributed by atoms with van der Waals surface area (Å²) in [5.41, 5.74) is 4.20. The molecule has 6 nitrogen and oxygen atoms in total. The summed E-state index contributed by atoms with van der Waals surface area (Å²) in [5.74, 6) is -1.66. The summed E-state index contributed by atoms with van der Waals surface area (Å²) in [6, 6.07) is 16.1. The SMILES string of the molecule is CCc1ccc(C2/C(=C(\O)c3ccncc3)C(=O)C(=O)N2c2nc3ccc(C)cc3s2)cc1. The molecule has 3 heterocycles. The Hall–Kier alpha value is -3.84. The van der Waals surface area contributed by atoms with Gasteiger partial charge >= 0.3 is 5.91 Å². The number of aliphatic hydroxyl groups is 1. The Bertz CT molecular complexity index is 1410. The maximum Gasteiger partial charge on any atom is 0.301 e. The minimum atomic E-state index is -0.786. The molecular weight excluding hydrogens is 434 g/mol. The zero-order chi connectivity index (χ0) is 23.1. The molecule has 0 spiro atoms. The Morgan fingerprint density at radius 1 is 1.06 bits per heavy atom. The lowest BCUT2D eigenvalue weighted by Gasteiger charge is -2.23. The van der Waals surface area contributed by atoms with Crippen LogP contribution in [0.2, 0.25) is 0 Å². The number of aromatic nitrogens is 2. The van der Waals surface area contributed by atoms with Crippen LogP contribution in [0.25, 0.3) is 16.0 Å². The van der Waals surface area contributed by atoms with Gasteiger partial charge in [0.25, 0.3) is 5.78 Å². The lowest BCUT2D eigenvalue weighted by Crippen LogP contribution is -2.29. The van der Waals surface area contributed by atoms with E-state index in [4.69, 9.17) is 0 Å². The van der Waals surface area contributed by atoms with Crippen LogP contribution in [0, 0.1) is 6.92 Å². The van der Waals surface area contributed by atoms with E-state index in [0.717, 1.165) is 33.3 Å².